The first-order valence-electron chi connectivity index (χ1n) is 5.86. The summed E-state index contributed by atoms with van der Waals surface area (Å²) in [5.74, 6) is 1.00. The molecule has 0 aliphatic heterocycles. The largest absolute Gasteiger partial charge is 0.326 e. The number of hydrogen-bond acceptors (Lipinski definition) is 2. The molecule has 0 heterocycles. The van der Waals surface area contributed by atoms with Gasteiger partial charge < -0.3 is 5.73 Å². The van der Waals surface area contributed by atoms with E-state index in [0.29, 0.717) is 6.54 Å². The van der Waals surface area contributed by atoms with E-state index in [2.05, 4.69) is 65.3 Å². The van der Waals surface area contributed by atoms with E-state index in [-0.39, 0.29) is 0 Å². The van der Waals surface area contributed by atoms with Crippen LogP contribution >= 0.6 is 27.7 Å². The van der Waals surface area contributed by atoms with Crippen molar-refractivity contribution in [3.8, 4) is 0 Å². The third kappa shape index (κ3) is 3.37. The highest BCUT2D eigenvalue weighted by atomic mass is 79.9. The molecule has 2 aromatic rings. The Balaban J connectivity index is 2.07. The molecular formula is C15H16BrNS. The molecule has 0 amide bonds. The molecule has 0 saturated heterocycles. The van der Waals surface area contributed by atoms with Gasteiger partial charge in [-0.3, -0.25) is 0 Å². The zero-order chi connectivity index (χ0) is 13.0. The average Bonchev–Trinajstić information content (AvgIpc) is 2.38. The molecule has 2 aromatic carbocycles. The summed E-state index contributed by atoms with van der Waals surface area (Å²) in [5.41, 5.74) is 9.54. The summed E-state index contributed by atoms with van der Waals surface area (Å²) >= 11 is 5.40. The van der Waals surface area contributed by atoms with Crippen LogP contribution in [0.25, 0.3) is 0 Å². The second-order valence-corrected chi connectivity index (χ2v) is 6.08. The van der Waals surface area contributed by atoms with Gasteiger partial charge in [0.05, 0.1) is 0 Å². The molecule has 2 N–H and O–H groups in total. The lowest BCUT2D eigenvalue weighted by molar-refractivity contribution is 1.05. The summed E-state index contributed by atoms with van der Waals surface area (Å²) in [5, 5.41) is 0. The average molecular weight is 322 g/mol. The van der Waals surface area contributed by atoms with Crippen molar-refractivity contribution in [2.75, 3.05) is 0 Å². The van der Waals surface area contributed by atoms with Gasteiger partial charge in [-0.15, -0.1) is 11.8 Å². The molecule has 0 saturated carbocycles. The van der Waals surface area contributed by atoms with Crippen LogP contribution in [0.3, 0.4) is 0 Å². The van der Waals surface area contributed by atoms with Crippen molar-refractivity contribution in [2.24, 2.45) is 5.73 Å². The van der Waals surface area contributed by atoms with Crippen LogP contribution in [0.2, 0.25) is 0 Å². The Kier molecular flexibility index (Phi) is 4.87. The quantitative estimate of drug-likeness (QED) is 0.838. The van der Waals surface area contributed by atoms with Gasteiger partial charge in [0, 0.05) is 21.7 Å². The topological polar surface area (TPSA) is 26.0 Å². The monoisotopic (exact) mass is 321 g/mol. The SMILES string of the molecule is Cc1ccccc1CSc1ccc(CN)c(Br)c1. The first-order chi connectivity index (χ1) is 8.70. The van der Waals surface area contributed by atoms with Crippen molar-refractivity contribution in [1.82, 2.24) is 0 Å². The molecule has 0 atom stereocenters. The van der Waals surface area contributed by atoms with Crippen LogP contribution in [0.15, 0.2) is 51.8 Å². The van der Waals surface area contributed by atoms with E-state index in [1.165, 1.54) is 16.0 Å². The first kappa shape index (κ1) is 13.7. The van der Waals surface area contributed by atoms with Crippen molar-refractivity contribution < 1.29 is 0 Å². The number of rotatable bonds is 4. The van der Waals surface area contributed by atoms with Gasteiger partial charge >= 0.3 is 0 Å². The lowest BCUT2D eigenvalue weighted by atomic mass is 10.1. The van der Waals surface area contributed by atoms with E-state index in [9.17, 15) is 0 Å². The second-order valence-electron chi connectivity index (χ2n) is 4.17. The normalized spacial score (nSPS) is 10.6. The summed E-state index contributed by atoms with van der Waals surface area (Å²) in [6.07, 6.45) is 0. The number of thioether (sulfide) groups is 1. The zero-order valence-electron chi connectivity index (χ0n) is 10.3. The van der Waals surface area contributed by atoms with Crippen LogP contribution in [0.5, 0.6) is 0 Å². The van der Waals surface area contributed by atoms with Crippen molar-refractivity contribution in [2.45, 2.75) is 24.1 Å². The molecule has 94 valence electrons. The Bertz CT molecular complexity index is 540. The lowest BCUT2D eigenvalue weighted by Crippen LogP contribution is -1.96. The first-order valence-corrected chi connectivity index (χ1v) is 7.64. The van der Waals surface area contributed by atoms with Crippen LogP contribution < -0.4 is 5.73 Å². The van der Waals surface area contributed by atoms with Crippen LogP contribution in [-0.4, -0.2) is 0 Å². The minimum Gasteiger partial charge on any atom is -0.326 e. The van der Waals surface area contributed by atoms with Gasteiger partial charge in [0.25, 0.3) is 0 Å². The molecule has 2 rings (SSSR count). The van der Waals surface area contributed by atoms with Gasteiger partial charge in [-0.1, -0.05) is 46.3 Å². The Morgan fingerprint density at radius 3 is 2.56 bits per heavy atom. The van der Waals surface area contributed by atoms with E-state index in [1.807, 2.05) is 11.8 Å². The maximum absolute atomic E-state index is 5.65. The molecule has 3 heteroatoms. The summed E-state index contributed by atoms with van der Waals surface area (Å²) < 4.78 is 1.10. The number of hydrogen-bond donors (Lipinski definition) is 1. The molecular weight excluding hydrogens is 306 g/mol. The minimum atomic E-state index is 0.573. The predicted octanol–water partition coefficient (Wildman–Crippen LogP) is 4.51. The molecule has 0 bridgehead atoms. The molecule has 0 aliphatic rings. The summed E-state index contributed by atoms with van der Waals surface area (Å²) in [6.45, 7) is 2.73. The number of nitrogens with two attached hydrogens (primary N) is 1. The van der Waals surface area contributed by atoms with Crippen molar-refractivity contribution >= 4 is 27.7 Å². The Morgan fingerprint density at radius 2 is 1.89 bits per heavy atom. The van der Waals surface area contributed by atoms with Crippen LogP contribution in [0.4, 0.5) is 0 Å². The molecule has 0 spiro atoms. The fourth-order valence-electron chi connectivity index (χ4n) is 1.72. The zero-order valence-corrected chi connectivity index (χ0v) is 12.7. The van der Waals surface area contributed by atoms with Gasteiger partial charge in [0.1, 0.15) is 0 Å². The van der Waals surface area contributed by atoms with Gasteiger partial charge in [0.15, 0.2) is 0 Å². The maximum Gasteiger partial charge on any atom is 0.0234 e. The Hall–Kier alpha value is -0.770. The minimum absolute atomic E-state index is 0.573. The van der Waals surface area contributed by atoms with E-state index in [4.69, 9.17) is 5.73 Å². The van der Waals surface area contributed by atoms with Crippen LogP contribution in [0.1, 0.15) is 16.7 Å². The summed E-state index contributed by atoms with van der Waals surface area (Å²) in [7, 11) is 0. The van der Waals surface area contributed by atoms with Crippen molar-refractivity contribution in [3.05, 3.63) is 63.6 Å². The summed E-state index contributed by atoms with van der Waals surface area (Å²) in [6, 6.07) is 14.9. The highest BCUT2D eigenvalue weighted by molar-refractivity contribution is 9.10. The predicted molar refractivity (Wildman–Crippen MR) is 82.8 cm³/mol. The van der Waals surface area contributed by atoms with Crippen LogP contribution in [0, 0.1) is 6.92 Å². The maximum atomic E-state index is 5.65. The van der Waals surface area contributed by atoms with Crippen molar-refractivity contribution in [3.63, 3.8) is 0 Å². The van der Waals surface area contributed by atoms with Crippen molar-refractivity contribution in [1.29, 1.82) is 0 Å². The molecule has 0 aliphatic carbocycles. The van der Waals surface area contributed by atoms with Gasteiger partial charge in [-0.2, -0.15) is 0 Å². The Labute approximate surface area is 121 Å². The number of benzene rings is 2. The molecule has 18 heavy (non-hydrogen) atoms. The smallest absolute Gasteiger partial charge is 0.0234 e. The highest BCUT2D eigenvalue weighted by Gasteiger charge is 2.02. The molecule has 0 radical (unpaired) electrons. The van der Waals surface area contributed by atoms with Gasteiger partial charge in [0.2, 0.25) is 0 Å². The molecule has 0 fully saturated rings. The fraction of sp³-hybridized carbons (Fsp3) is 0.200. The van der Waals surface area contributed by atoms with E-state index < -0.39 is 0 Å². The summed E-state index contributed by atoms with van der Waals surface area (Å²) in [4.78, 5) is 1.27. The Morgan fingerprint density at radius 1 is 1.11 bits per heavy atom. The van der Waals surface area contributed by atoms with Gasteiger partial charge in [-0.25, -0.2) is 0 Å². The molecule has 0 aromatic heterocycles. The third-order valence-corrected chi connectivity index (χ3v) is 4.68. The fourth-order valence-corrected chi connectivity index (χ4v) is 3.42. The molecule has 0 unspecified atom stereocenters. The van der Waals surface area contributed by atoms with E-state index >= 15 is 0 Å². The van der Waals surface area contributed by atoms with Crippen LogP contribution in [-0.2, 0) is 12.3 Å². The highest BCUT2D eigenvalue weighted by Crippen LogP contribution is 2.28. The number of aryl methyl sites for hydroxylation is 1. The molecule has 1 nitrogen and oxygen atoms in total. The number of halogens is 1. The lowest BCUT2D eigenvalue weighted by Gasteiger charge is -2.07. The third-order valence-electron chi connectivity index (χ3n) is 2.90. The standard InChI is InChI=1S/C15H16BrNS/c1-11-4-2-3-5-13(11)10-18-14-7-6-12(9-17)15(16)8-14/h2-8H,9-10,17H2,1H3. The van der Waals surface area contributed by atoms with E-state index in [1.54, 1.807) is 0 Å². The van der Waals surface area contributed by atoms with E-state index in [0.717, 1.165) is 15.8 Å². The van der Waals surface area contributed by atoms with Gasteiger partial charge in [-0.05, 0) is 35.7 Å². The second kappa shape index (κ2) is 6.41.